The second kappa shape index (κ2) is 4.31. The lowest BCUT2D eigenvalue weighted by Crippen LogP contribution is -2.54. The summed E-state index contributed by atoms with van der Waals surface area (Å²) in [6.07, 6.45) is 0.893. The monoisotopic (exact) mass is 229 g/mol. The third-order valence-electron chi connectivity index (χ3n) is 4.00. The van der Waals surface area contributed by atoms with Crippen molar-refractivity contribution in [3.05, 3.63) is 0 Å². The average Bonchev–Trinajstić information content (AvgIpc) is 2.48. The molecule has 2 fully saturated rings. The van der Waals surface area contributed by atoms with Crippen molar-refractivity contribution in [1.82, 2.24) is 4.90 Å². The lowest BCUT2D eigenvalue weighted by molar-refractivity contribution is -0.158. The van der Waals surface area contributed by atoms with Gasteiger partial charge < -0.3 is 14.6 Å². The number of esters is 1. The van der Waals surface area contributed by atoms with Crippen LogP contribution < -0.4 is 0 Å². The molecule has 0 amide bonds. The topological polar surface area (TPSA) is 59.0 Å². The summed E-state index contributed by atoms with van der Waals surface area (Å²) in [5.41, 5.74) is 0. The van der Waals surface area contributed by atoms with Gasteiger partial charge in [0.2, 0.25) is 0 Å². The number of hydrogen-bond donors (Lipinski definition) is 1. The summed E-state index contributed by atoms with van der Waals surface area (Å²) in [5.74, 6) is -0.828. The van der Waals surface area contributed by atoms with Gasteiger partial charge in [0.25, 0.3) is 0 Å². The molecular formula is C11H19NO4. The fourth-order valence-corrected chi connectivity index (χ4v) is 3.15. The molecule has 0 spiro atoms. The van der Waals surface area contributed by atoms with Crippen molar-refractivity contribution in [2.45, 2.75) is 37.1 Å². The molecule has 2 heterocycles. The summed E-state index contributed by atoms with van der Waals surface area (Å²) in [5, 5.41) is 10.00. The van der Waals surface area contributed by atoms with Crippen molar-refractivity contribution in [2.24, 2.45) is 5.92 Å². The Kier molecular flexibility index (Phi) is 3.19. The third kappa shape index (κ3) is 1.63. The molecule has 2 aliphatic rings. The van der Waals surface area contributed by atoms with Gasteiger partial charge in [-0.25, -0.2) is 0 Å². The minimum absolute atomic E-state index is 0.0104. The summed E-state index contributed by atoms with van der Waals surface area (Å²) < 4.78 is 10.2. The summed E-state index contributed by atoms with van der Waals surface area (Å²) >= 11 is 0. The number of carbonyl (C=O) groups excluding carboxylic acids is 1. The Hall–Kier alpha value is -0.650. The number of carbonyl (C=O) groups is 1. The lowest BCUT2D eigenvalue weighted by atomic mass is 9.87. The predicted molar refractivity (Wildman–Crippen MR) is 56.9 cm³/mol. The number of aliphatic hydroxyl groups excluding tert-OH is 1. The van der Waals surface area contributed by atoms with E-state index < -0.39 is 12.0 Å². The molecule has 0 unspecified atom stereocenters. The average molecular weight is 229 g/mol. The van der Waals surface area contributed by atoms with E-state index in [2.05, 4.69) is 4.90 Å². The van der Waals surface area contributed by atoms with E-state index in [1.165, 1.54) is 7.11 Å². The second-order valence-electron chi connectivity index (χ2n) is 4.67. The maximum Gasteiger partial charge on any atom is 0.313 e. The molecule has 2 rings (SSSR count). The molecule has 16 heavy (non-hydrogen) atoms. The molecule has 0 aromatic carbocycles. The molecule has 0 aliphatic carbocycles. The molecular weight excluding hydrogens is 210 g/mol. The minimum atomic E-state index is -0.612. The summed E-state index contributed by atoms with van der Waals surface area (Å²) in [7, 11) is 4.99. The van der Waals surface area contributed by atoms with Crippen molar-refractivity contribution in [1.29, 1.82) is 0 Å². The Balaban J connectivity index is 2.25. The first-order chi connectivity index (χ1) is 7.60. The number of methoxy groups -OCH3 is 2. The number of fused-ring (bicyclic) bond motifs is 2. The van der Waals surface area contributed by atoms with Crippen LogP contribution in [-0.2, 0) is 14.3 Å². The van der Waals surface area contributed by atoms with E-state index in [9.17, 15) is 9.90 Å². The van der Waals surface area contributed by atoms with Crippen molar-refractivity contribution in [2.75, 3.05) is 21.3 Å². The second-order valence-corrected chi connectivity index (χ2v) is 4.67. The van der Waals surface area contributed by atoms with Crippen molar-refractivity contribution in [3.8, 4) is 0 Å². The molecule has 92 valence electrons. The van der Waals surface area contributed by atoms with Crippen LogP contribution >= 0.6 is 0 Å². The zero-order valence-electron chi connectivity index (χ0n) is 9.92. The first-order valence-electron chi connectivity index (χ1n) is 5.60. The van der Waals surface area contributed by atoms with Gasteiger partial charge >= 0.3 is 5.97 Å². The van der Waals surface area contributed by atoms with E-state index in [-0.39, 0.29) is 18.1 Å². The predicted octanol–water partition coefficient (Wildman–Crippen LogP) is -0.372. The quantitative estimate of drug-likeness (QED) is 0.655. The highest BCUT2D eigenvalue weighted by molar-refractivity contribution is 5.74. The highest BCUT2D eigenvalue weighted by atomic mass is 16.5. The molecule has 0 radical (unpaired) electrons. The lowest BCUT2D eigenvalue weighted by Gasteiger charge is -2.39. The van der Waals surface area contributed by atoms with Crippen LogP contribution in [0.3, 0.4) is 0 Å². The van der Waals surface area contributed by atoms with Crippen LogP contribution in [0.4, 0.5) is 0 Å². The van der Waals surface area contributed by atoms with Crippen molar-refractivity contribution >= 4 is 5.97 Å². The maximum absolute atomic E-state index is 11.7. The number of likely N-dealkylation sites (N-methyl/N-ethyl adjacent to an activating group) is 1. The van der Waals surface area contributed by atoms with Crippen LogP contribution in [0.15, 0.2) is 0 Å². The summed E-state index contributed by atoms with van der Waals surface area (Å²) in [6, 6.07) is 0.247. The molecule has 5 nitrogen and oxygen atoms in total. The normalized spacial score (nSPS) is 43.4. The molecule has 0 aromatic heterocycles. The number of rotatable bonds is 2. The van der Waals surface area contributed by atoms with E-state index in [0.717, 1.165) is 6.42 Å². The Bertz CT molecular complexity index is 283. The fraction of sp³-hybridized carbons (Fsp3) is 0.909. The van der Waals surface area contributed by atoms with Crippen molar-refractivity contribution in [3.63, 3.8) is 0 Å². The molecule has 1 N–H and O–H groups in total. The van der Waals surface area contributed by atoms with Crippen LogP contribution in [0.1, 0.15) is 12.8 Å². The van der Waals surface area contributed by atoms with Crippen molar-refractivity contribution < 1.29 is 19.4 Å². The summed E-state index contributed by atoms with van der Waals surface area (Å²) in [4.78, 5) is 13.8. The molecule has 5 heteroatoms. The van der Waals surface area contributed by atoms with E-state index in [1.54, 1.807) is 7.11 Å². The first-order valence-corrected chi connectivity index (χ1v) is 5.60. The molecule has 2 aliphatic heterocycles. The van der Waals surface area contributed by atoms with Crippen LogP contribution in [0, 0.1) is 5.92 Å². The number of hydrogen-bond acceptors (Lipinski definition) is 5. The van der Waals surface area contributed by atoms with Crippen LogP contribution in [-0.4, -0.2) is 61.5 Å². The zero-order chi connectivity index (χ0) is 11.9. The largest absolute Gasteiger partial charge is 0.469 e. The highest BCUT2D eigenvalue weighted by Crippen LogP contribution is 2.40. The zero-order valence-corrected chi connectivity index (χ0v) is 9.92. The van der Waals surface area contributed by atoms with E-state index in [0.29, 0.717) is 12.5 Å². The van der Waals surface area contributed by atoms with Crippen LogP contribution in [0.2, 0.25) is 0 Å². The Morgan fingerprint density at radius 1 is 1.38 bits per heavy atom. The molecule has 0 aromatic rings. The van der Waals surface area contributed by atoms with Gasteiger partial charge in [-0.05, 0) is 19.9 Å². The third-order valence-corrected chi connectivity index (χ3v) is 4.00. The Morgan fingerprint density at radius 3 is 2.62 bits per heavy atom. The van der Waals surface area contributed by atoms with E-state index >= 15 is 0 Å². The number of aliphatic hydroxyl groups is 1. The molecule has 5 atom stereocenters. The van der Waals surface area contributed by atoms with Gasteiger partial charge in [0.1, 0.15) is 5.92 Å². The Labute approximate surface area is 95.3 Å². The van der Waals surface area contributed by atoms with Gasteiger partial charge in [0, 0.05) is 13.2 Å². The highest BCUT2D eigenvalue weighted by Gasteiger charge is 2.53. The smallest absolute Gasteiger partial charge is 0.313 e. The maximum atomic E-state index is 11.7. The molecule has 0 saturated carbocycles. The Morgan fingerprint density at radius 2 is 2.06 bits per heavy atom. The number of piperidine rings is 1. The van der Waals surface area contributed by atoms with Gasteiger partial charge in [-0.1, -0.05) is 0 Å². The van der Waals surface area contributed by atoms with E-state index in [1.807, 2.05) is 7.05 Å². The minimum Gasteiger partial charge on any atom is -0.469 e. The number of ether oxygens (including phenoxy) is 2. The molecule has 2 saturated heterocycles. The van der Waals surface area contributed by atoms with Crippen LogP contribution in [0.5, 0.6) is 0 Å². The number of nitrogens with zero attached hydrogens (tertiary/aromatic N) is 1. The fourth-order valence-electron chi connectivity index (χ4n) is 3.15. The van der Waals surface area contributed by atoms with Gasteiger partial charge in [0.15, 0.2) is 0 Å². The standard InChI is InChI=1S/C11H19NO4/c1-12-6-4-7(13)9(11(14)16-3)10(12)8(5-6)15-2/h6-10,13H,4-5H2,1-3H3/t6-,7+,8-,9-,10-/m0/s1. The van der Waals surface area contributed by atoms with Gasteiger partial charge in [-0.3, -0.25) is 9.69 Å². The molecule has 2 bridgehead atoms. The SMILES string of the molecule is COC(=O)[C@@H]1[C@@H]2[C@@H](OC)C[C@H](C[C@H]1O)N2C. The summed E-state index contributed by atoms with van der Waals surface area (Å²) in [6.45, 7) is 0. The van der Waals surface area contributed by atoms with E-state index in [4.69, 9.17) is 9.47 Å². The van der Waals surface area contributed by atoms with Gasteiger partial charge in [-0.2, -0.15) is 0 Å². The van der Waals surface area contributed by atoms with Crippen LogP contribution in [0.25, 0.3) is 0 Å². The van der Waals surface area contributed by atoms with Gasteiger partial charge in [0.05, 0.1) is 25.4 Å². The first kappa shape index (κ1) is 11.8. The van der Waals surface area contributed by atoms with Gasteiger partial charge in [-0.15, -0.1) is 0 Å².